The minimum absolute atomic E-state index is 0.0355. The van der Waals surface area contributed by atoms with Crippen LogP contribution in [0.3, 0.4) is 0 Å². The molecule has 1 aliphatic rings. The molecule has 37 heavy (non-hydrogen) atoms. The van der Waals surface area contributed by atoms with Crippen LogP contribution in [0.2, 0.25) is 0 Å². The van der Waals surface area contributed by atoms with Gasteiger partial charge >= 0.3 is 12.4 Å². The third-order valence-electron chi connectivity index (χ3n) is 5.76. The smallest absolute Gasteiger partial charge is 0.357 e. The number of amides is 2. The predicted octanol–water partition coefficient (Wildman–Crippen LogP) is 5.29. The minimum Gasteiger partial charge on any atom is -0.357 e. The monoisotopic (exact) mass is 524 g/mol. The van der Waals surface area contributed by atoms with Crippen LogP contribution < -0.4 is 16.0 Å². The van der Waals surface area contributed by atoms with E-state index >= 15 is 0 Å². The largest absolute Gasteiger partial charge is 0.430 e. The molecule has 1 aliphatic heterocycles. The Morgan fingerprint density at radius 2 is 1.62 bits per heavy atom. The van der Waals surface area contributed by atoms with Gasteiger partial charge < -0.3 is 20.7 Å². The van der Waals surface area contributed by atoms with Gasteiger partial charge in [-0.05, 0) is 42.0 Å². The van der Waals surface area contributed by atoms with Gasteiger partial charge in [-0.25, -0.2) is 4.98 Å². The molecule has 13 heteroatoms. The third kappa shape index (κ3) is 4.69. The van der Waals surface area contributed by atoms with Crippen molar-refractivity contribution in [1.29, 1.82) is 0 Å². The number of fused-ring (bicyclic) bond motifs is 1. The van der Waals surface area contributed by atoms with Gasteiger partial charge in [-0.15, -0.1) is 0 Å². The number of anilines is 3. The molecule has 2 amide bonds. The number of aromatic nitrogens is 1. The molecule has 0 aliphatic carbocycles. The van der Waals surface area contributed by atoms with Crippen molar-refractivity contribution in [3.63, 3.8) is 0 Å². The summed E-state index contributed by atoms with van der Waals surface area (Å²) in [7, 11) is 0.320. The maximum atomic E-state index is 13.5. The van der Waals surface area contributed by atoms with E-state index in [9.17, 15) is 35.9 Å². The van der Waals surface area contributed by atoms with Crippen molar-refractivity contribution in [2.75, 3.05) is 17.7 Å². The number of benzene rings is 2. The fourth-order valence-electron chi connectivity index (χ4n) is 3.94. The van der Waals surface area contributed by atoms with Crippen molar-refractivity contribution in [3.05, 3.63) is 83.0 Å². The van der Waals surface area contributed by atoms with Crippen LogP contribution in [0.1, 0.15) is 31.8 Å². The molecule has 0 radical (unpaired) electrons. The Balaban J connectivity index is 1.57. The average molecular weight is 524 g/mol. The highest BCUT2D eigenvalue weighted by molar-refractivity contribution is 6.08. The van der Waals surface area contributed by atoms with Gasteiger partial charge in [0.1, 0.15) is 5.82 Å². The molecule has 0 spiro atoms. The lowest BCUT2D eigenvalue weighted by atomic mass is 9.91. The summed E-state index contributed by atoms with van der Waals surface area (Å²) < 4.78 is 84.7. The lowest BCUT2D eigenvalue weighted by Gasteiger charge is -2.36. The summed E-state index contributed by atoms with van der Waals surface area (Å²) in [5.74, 6) is -0.857. The SMILES string of the molecule is COC(c1ccc(NC(=O)c2cccnc2Nc2ccc3c(c2)C(=O)NC3)cc1)(C(F)(F)F)C(F)(F)F. The highest BCUT2D eigenvalue weighted by Gasteiger charge is 2.73. The Bertz CT molecular complexity index is 1330. The lowest BCUT2D eigenvalue weighted by molar-refractivity contribution is -0.383. The number of carbonyl (C=O) groups excluding carboxylic acids is 2. The molecule has 0 fully saturated rings. The molecule has 194 valence electrons. The number of rotatable bonds is 6. The lowest BCUT2D eigenvalue weighted by Crippen LogP contribution is -2.55. The first-order valence-corrected chi connectivity index (χ1v) is 10.6. The fourth-order valence-corrected chi connectivity index (χ4v) is 3.94. The van der Waals surface area contributed by atoms with E-state index in [2.05, 4.69) is 25.7 Å². The molecule has 2 aromatic carbocycles. The van der Waals surface area contributed by atoms with Crippen LogP contribution in [0.5, 0.6) is 0 Å². The first-order valence-electron chi connectivity index (χ1n) is 10.6. The number of carbonyl (C=O) groups is 2. The maximum absolute atomic E-state index is 13.5. The maximum Gasteiger partial charge on any atom is 0.430 e. The quantitative estimate of drug-likeness (QED) is 0.382. The molecule has 0 saturated carbocycles. The number of methoxy groups -OCH3 is 1. The zero-order chi connectivity index (χ0) is 27.0. The number of nitrogens with one attached hydrogen (secondary N) is 3. The minimum atomic E-state index is -5.79. The Morgan fingerprint density at radius 1 is 0.973 bits per heavy atom. The molecule has 2 heterocycles. The molecule has 0 saturated heterocycles. The van der Waals surface area contributed by atoms with Crippen molar-refractivity contribution < 1.29 is 40.7 Å². The number of nitrogens with zero attached hydrogens (tertiary/aromatic N) is 1. The Morgan fingerprint density at radius 3 is 2.24 bits per heavy atom. The topological polar surface area (TPSA) is 92.3 Å². The van der Waals surface area contributed by atoms with Gasteiger partial charge in [0, 0.05) is 42.4 Å². The van der Waals surface area contributed by atoms with E-state index in [1.807, 2.05) is 0 Å². The summed E-state index contributed by atoms with van der Waals surface area (Å²) in [5.41, 5.74) is -4.00. The van der Waals surface area contributed by atoms with E-state index in [0.717, 1.165) is 17.7 Å². The van der Waals surface area contributed by atoms with Crippen molar-refractivity contribution in [2.24, 2.45) is 0 Å². The van der Waals surface area contributed by atoms with E-state index < -0.39 is 29.4 Å². The second-order valence-corrected chi connectivity index (χ2v) is 7.99. The van der Waals surface area contributed by atoms with Gasteiger partial charge in [-0.1, -0.05) is 18.2 Å². The number of ether oxygens (including phenoxy) is 1. The zero-order valence-electron chi connectivity index (χ0n) is 18.9. The predicted molar refractivity (Wildman–Crippen MR) is 120 cm³/mol. The molecule has 1 aromatic heterocycles. The Hall–Kier alpha value is -4.13. The summed E-state index contributed by atoms with van der Waals surface area (Å²) in [4.78, 5) is 28.9. The molecule has 3 N–H and O–H groups in total. The summed E-state index contributed by atoms with van der Waals surface area (Å²) in [6.07, 6.45) is -10.2. The Kier molecular flexibility index (Phi) is 6.59. The molecule has 7 nitrogen and oxygen atoms in total. The van der Waals surface area contributed by atoms with Crippen molar-refractivity contribution >= 4 is 29.0 Å². The van der Waals surface area contributed by atoms with Crippen molar-refractivity contribution in [3.8, 4) is 0 Å². The van der Waals surface area contributed by atoms with Crippen LogP contribution in [0.25, 0.3) is 0 Å². The van der Waals surface area contributed by atoms with Crippen LogP contribution in [0.15, 0.2) is 60.8 Å². The van der Waals surface area contributed by atoms with E-state index in [-0.39, 0.29) is 23.0 Å². The molecule has 3 aromatic rings. The summed E-state index contributed by atoms with van der Waals surface area (Å²) in [5, 5.41) is 8.05. The van der Waals surface area contributed by atoms with Gasteiger partial charge in [0.2, 0.25) is 0 Å². The second-order valence-electron chi connectivity index (χ2n) is 7.99. The number of alkyl halides is 6. The van der Waals surface area contributed by atoms with Crippen LogP contribution in [0.4, 0.5) is 43.5 Å². The molecule has 0 atom stereocenters. The van der Waals surface area contributed by atoms with Gasteiger partial charge in [-0.3, -0.25) is 9.59 Å². The summed E-state index contributed by atoms with van der Waals surface area (Å²) >= 11 is 0. The van der Waals surface area contributed by atoms with Crippen molar-refractivity contribution in [1.82, 2.24) is 10.3 Å². The Labute approximate surface area is 205 Å². The van der Waals surface area contributed by atoms with Gasteiger partial charge in [-0.2, -0.15) is 26.3 Å². The van der Waals surface area contributed by atoms with Crippen LogP contribution >= 0.6 is 0 Å². The third-order valence-corrected chi connectivity index (χ3v) is 5.76. The number of halogens is 6. The van der Waals surface area contributed by atoms with Crippen LogP contribution in [0, 0.1) is 0 Å². The van der Waals surface area contributed by atoms with E-state index in [1.54, 1.807) is 18.2 Å². The molecular formula is C24H18F6N4O3. The van der Waals surface area contributed by atoms with Gasteiger partial charge in [0.25, 0.3) is 17.4 Å². The fraction of sp³-hybridized carbons (Fsp3) is 0.208. The number of hydrogen-bond donors (Lipinski definition) is 3. The highest BCUT2D eigenvalue weighted by atomic mass is 19.4. The normalized spacial score (nSPS) is 13.6. The summed E-state index contributed by atoms with van der Waals surface area (Å²) in [6.45, 7) is 0.405. The van der Waals surface area contributed by atoms with Gasteiger partial charge in [0.15, 0.2) is 0 Å². The van der Waals surface area contributed by atoms with Gasteiger partial charge in [0.05, 0.1) is 5.56 Å². The van der Waals surface area contributed by atoms with Crippen molar-refractivity contribution in [2.45, 2.75) is 24.5 Å². The molecular weight excluding hydrogens is 506 g/mol. The molecule has 0 bridgehead atoms. The van der Waals surface area contributed by atoms with E-state index in [1.165, 1.54) is 18.3 Å². The molecule has 0 unspecified atom stereocenters. The number of hydrogen-bond acceptors (Lipinski definition) is 5. The highest BCUT2D eigenvalue weighted by Crippen LogP contribution is 2.52. The first kappa shape index (κ1) is 25.9. The average Bonchev–Trinajstić information content (AvgIpc) is 3.19. The standard InChI is InChI=1S/C24H18F6N4O3/c1-37-22(23(25,26)27,24(28,29)30)14-5-8-15(9-6-14)34-21(36)17-3-2-10-31-19(17)33-16-7-4-13-12-32-20(35)18(13)11-16/h2-11H,12H2,1H3,(H,31,33)(H,32,35)(H,34,36). The zero-order valence-corrected chi connectivity index (χ0v) is 18.9. The first-order chi connectivity index (χ1) is 17.4. The molecule has 4 rings (SSSR count). The van der Waals surface area contributed by atoms with E-state index in [4.69, 9.17) is 0 Å². The summed E-state index contributed by atoms with van der Waals surface area (Å²) in [6, 6.07) is 10.9. The van der Waals surface area contributed by atoms with E-state index in [0.29, 0.717) is 37.0 Å². The second kappa shape index (κ2) is 9.39. The van der Waals surface area contributed by atoms with Crippen LogP contribution in [-0.2, 0) is 16.9 Å². The van der Waals surface area contributed by atoms with Crippen LogP contribution in [-0.4, -0.2) is 36.3 Å². The number of pyridine rings is 1.